The SMILES string of the molecule is Cc1noc(-c2cc(Cl)ccc2-c2nc3cc(-c4cnc(N)nc4)ccc3n2C(C)(C)C)n1. The van der Waals surface area contributed by atoms with Crippen molar-refractivity contribution in [2.24, 2.45) is 0 Å². The van der Waals surface area contributed by atoms with Gasteiger partial charge in [0.1, 0.15) is 5.82 Å². The lowest BCUT2D eigenvalue weighted by atomic mass is 10.0. The zero-order valence-corrected chi connectivity index (χ0v) is 19.4. The van der Waals surface area contributed by atoms with E-state index < -0.39 is 0 Å². The van der Waals surface area contributed by atoms with Gasteiger partial charge in [0.2, 0.25) is 5.95 Å². The molecule has 0 saturated heterocycles. The van der Waals surface area contributed by atoms with Crippen LogP contribution in [-0.4, -0.2) is 29.7 Å². The Bertz CT molecular complexity index is 1480. The molecular formula is C24H22ClN7O. The molecule has 3 heterocycles. The monoisotopic (exact) mass is 459 g/mol. The van der Waals surface area contributed by atoms with Crippen molar-refractivity contribution in [1.29, 1.82) is 0 Å². The number of nitrogens with two attached hydrogens (primary N) is 1. The highest BCUT2D eigenvalue weighted by Crippen LogP contribution is 2.38. The zero-order chi connectivity index (χ0) is 23.3. The fourth-order valence-electron chi connectivity index (χ4n) is 3.90. The number of anilines is 1. The Morgan fingerprint density at radius 3 is 2.36 bits per heavy atom. The Labute approximate surface area is 195 Å². The number of hydrogen-bond donors (Lipinski definition) is 1. The summed E-state index contributed by atoms with van der Waals surface area (Å²) in [5.74, 6) is 1.98. The van der Waals surface area contributed by atoms with Crippen molar-refractivity contribution in [3.8, 4) is 34.0 Å². The first-order chi connectivity index (χ1) is 15.7. The van der Waals surface area contributed by atoms with Crippen LogP contribution >= 0.6 is 11.6 Å². The number of nitrogen functional groups attached to an aromatic ring is 1. The molecule has 0 spiro atoms. The quantitative estimate of drug-likeness (QED) is 0.379. The molecule has 166 valence electrons. The fraction of sp³-hybridized carbons (Fsp3) is 0.208. The second-order valence-electron chi connectivity index (χ2n) is 8.81. The first-order valence-electron chi connectivity index (χ1n) is 10.4. The molecule has 0 amide bonds. The molecule has 2 aromatic carbocycles. The molecule has 0 aliphatic heterocycles. The van der Waals surface area contributed by atoms with Gasteiger partial charge < -0.3 is 14.8 Å². The molecule has 9 heteroatoms. The number of rotatable bonds is 3. The van der Waals surface area contributed by atoms with Gasteiger partial charge in [-0.15, -0.1) is 0 Å². The number of benzene rings is 2. The Morgan fingerprint density at radius 2 is 1.70 bits per heavy atom. The zero-order valence-electron chi connectivity index (χ0n) is 18.7. The maximum atomic E-state index is 6.33. The number of halogens is 1. The standard InChI is InChI=1S/C24H22ClN7O/c1-13-29-22(33-31-13)18-10-16(25)6-7-17(18)21-30-19-9-14(15-11-27-23(26)28-12-15)5-8-20(19)32(21)24(2,3)4/h5-12H,1-4H3,(H2,26,27,28). The summed E-state index contributed by atoms with van der Waals surface area (Å²) in [5, 5.41) is 4.52. The van der Waals surface area contributed by atoms with Crippen molar-refractivity contribution in [3.63, 3.8) is 0 Å². The fourth-order valence-corrected chi connectivity index (χ4v) is 4.07. The van der Waals surface area contributed by atoms with E-state index in [9.17, 15) is 0 Å². The highest BCUT2D eigenvalue weighted by molar-refractivity contribution is 6.31. The van der Waals surface area contributed by atoms with Crippen molar-refractivity contribution in [2.45, 2.75) is 33.2 Å². The summed E-state index contributed by atoms with van der Waals surface area (Å²) in [6.07, 6.45) is 3.42. The van der Waals surface area contributed by atoms with Gasteiger partial charge in [0, 0.05) is 34.1 Å². The van der Waals surface area contributed by atoms with Crippen LogP contribution in [-0.2, 0) is 5.54 Å². The first kappa shape index (κ1) is 21.1. The molecule has 33 heavy (non-hydrogen) atoms. The largest absolute Gasteiger partial charge is 0.368 e. The van der Waals surface area contributed by atoms with Crippen molar-refractivity contribution < 1.29 is 4.52 Å². The van der Waals surface area contributed by atoms with Gasteiger partial charge in [-0.2, -0.15) is 4.98 Å². The van der Waals surface area contributed by atoms with Crippen LogP contribution in [0.5, 0.6) is 0 Å². The van der Waals surface area contributed by atoms with E-state index in [1.807, 2.05) is 30.3 Å². The summed E-state index contributed by atoms with van der Waals surface area (Å²) in [5.41, 5.74) is 10.6. The minimum absolute atomic E-state index is 0.241. The lowest BCUT2D eigenvalue weighted by Gasteiger charge is -2.25. The molecular weight excluding hydrogens is 438 g/mol. The van der Waals surface area contributed by atoms with E-state index in [4.69, 9.17) is 26.8 Å². The molecule has 5 aromatic rings. The molecule has 2 N–H and O–H groups in total. The van der Waals surface area contributed by atoms with Crippen LogP contribution in [0.1, 0.15) is 26.6 Å². The lowest BCUT2D eigenvalue weighted by molar-refractivity contribution is 0.412. The van der Waals surface area contributed by atoms with E-state index in [2.05, 4.69) is 51.5 Å². The average Bonchev–Trinajstić information content (AvgIpc) is 3.37. The topological polar surface area (TPSA) is 109 Å². The molecule has 0 aliphatic rings. The third kappa shape index (κ3) is 3.82. The predicted molar refractivity (Wildman–Crippen MR) is 129 cm³/mol. The summed E-state index contributed by atoms with van der Waals surface area (Å²) in [7, 11) is 0. The summed E-state index contributed by atoms with van der Waals surface area (Å²) < 4.78 is 7.68. The number of hydrogen-bond acceptors (Lipinski definition) is 7. The molecule has 0 bridgehead atoms. The maximum Gasteiger partial charge on any atom is 0.258 e. The maximum absolute atomic E-state index is 6.33. The third-order valence-corrected chi connectivity index (χ3v) is 5.55. The lowest BCUT2D eigenvalue weighted by Crippen LogP contribution is -2.22. The Kier molecular flexibility index (Phi) is 4.90. The Morgan fingerprint density at radius 1 is 0.939 bits per heavy atom. The Hall–Kier alpha value is -3.78. The summed E-state index contributed by atoms with van der Waals surface area (Å²) in [4.78, 5) is 17.7. The van der Waals surface area contributed by atoms with E-state index in [-0.39, 0.29) is 11.5 Å². The van der Waals surface area contributed by atoms with Crippen LogP contribution in [0.3, 0.4) is 0 Å². The van der Waals surface area contributed by atoms with Gasteiger partial charge >= 0.3 is 0 Å². The second-order valence-corrected chi connectivity index (χ2v) is 9.25. The summed E-state index contributed by atoms with van der Waals surface area (Å²) in [6, 6.07) is 11.7. The molecule has 0 aliphatic carbocycles. The van der Waals surface area contributed by atoms with Crippen LogP contribution in [0.2, 0.25) is 5.02 Å². The number of imidazole rings is 1. The van der Waals surface area contributed by atoms with Gasteiger partial charge in [0.15, 0.2) is 5.82 Å². The molecule has 8 nitrogen and oxygen atoms in total. The second kappa shape index (κ2) is 7.67. The van der Waals surface area contributed by atoms with E-state index in [0.717, 1.165) is 39.1 Å². The van der Waals surface area contributed by atoms with Crippen LogP contribution < -0.4 is 5.73 Å². The molecule has 0 radical (unpaired) electrons. The number of nitrogens with zero attached hydrogens (tertiary/aromatic N) is 6. The number of aromatic nitrogens is 6. The highest BCUT2D eigenvalue weighted by atomic mass is 35.5. The van der Waals surface area contributed by atoms with Gasteiger partial charge in [-0.3, -0.25) is 0 Å². The smallest absolute Gasteiger partial charge is 0.258 e. The van der Waals surface area contributed by atoms with Gasteiger partial charge in [0.25, 0.3) is 5.89 Å². The summed E-state index contributed by atoms with van der Waals surface area (Å²) in [6.45, 7) is 8.22. The van der Waals surface area contributed by atoms with Crippen molar-refractivity contribution in [2.75, 3.05) is 5.73 Å². The molecule has 0 unspecified atom stereocenters. The molecule has 0 fully saturated rings. The number of aryl methyl sites for hydroxylation is 1. The van der Waals surface area contributed by atoms with E-state index in [1.165, 1.54) is 0 Å². The molecule has 3 aromatic heterocycles. The summed E-state index contributed by atoms with van der Waals surface area (Å²) >= 11 is 6.33. The van der Waals surface area contributed by atoms with Crippen LogP contribution in [0.15, 0.2) is 53.3 Å². The van der Waals surface area contributed by atoms with Gasteiger partial charge in [-0.25, -0.2) is 15.0 Å². The predicted octanol–water partition coefficient (Wildman–Crippen LogP) is 5.51. The first-order valence-corrected chi connectivity index (χ1v) is 10.8. The van der Waals surface area contributed by atoms with Crippen LogP contribution in [0, 0.1) is 6.92 Å². The van der Waals surface area contributed by atoms with Crippen molar-refractivity contribution >= 4 is 28.6 Å². The normalized spacial score (nSPS) is 11.9. The van der Waals surface area contributed by atoms with E-state index >= 15 is 0 Å². The third-order valence-electron chi connectivity index (χ3n) is 5.31. The minimum atomic E-state index is -0.252. The van der Waals surface area contributed by atoms with Gasteiger partial charge in [-0.1, -0.05) is 22.8 Å². The molecule has 5 rings (SSSR count). The van der Waals surface area contributed by atoms with E-state index in [1.54, 1.807) is 19.3 Å². The van der Waals surface area contributed by atoms with Gasteiger partial charge in [-0.05, 0) is 63.6 Å². The Balaban J connectivity index is 1.76. The van der Waals surface area contributed by atoms with Crippen LogP contribution in [0.4, 0.5) is 5.95 Å². The van der Waals surface area contributed by atoms with E-state index in [0.29, 0.717) is 16.7 Å². The molecule has 0 atom stereocenters. The average molecular weight is 460 g/mol. The molecule has 0 saturated carbocycles. The van der Waals surface area contributed by atoms with Crippen molar-refractivity contribution in [1.82, 2.24) is 29.7 Å². The van der Waals surface area contributed by atoms with Crippen LogP contribution in [0.25, 0.3) is 45.0 Å². The van der Waals surface area contributed by atoms with Crippen molar-refractivity contribution in [3.05, 3.63) is 59.6 Å². The highest BCUT2D eigenvalue weighted by Gasteiger charge is 2.26. The van der Waals surface area contributed by atoms with Gasteiger partial charge in [0.05, 0.1) is 16.6 Å². The minimum Gasteiger partial charge on any atom is -0.368 e. The number of fused-ring (bicyclic) bond motifs is 1.